The van der Waals surface area contributed by atoms with E-state index in [0.717, 1.165) is 16.8 Å². The van der Waals surface area contributed by atoms with Crippen molar-refractivity contribution in [3.8, 4) is 0 Å². The first-order chi connectivity index (χ1) is 17.0. The Morgan fingerprint density at radius 1 is 0.971 bits per heavy atom. The van der Waals surface area contributed by atoms with E-state index in [1.165, 1.54) is 12.1 Å². The van der Waals surface area contributed by atoms with Crippen LogP contribution in [0, 0.1) is 17.7 Å². The zero-order valence-electron chi connectivity index (χ0n) is 19.0. The van der Waals surface area contributed by atoms with Gasteiger partial charge in [0.1, 0.15) is 5.82 Å². The second-order valence-electron chi connectivity index (χ2n) is 9.04. The number of benzene rings is 3. The molecule has 2 N–H and O–H groups in total. The minimum absolute atomic E-state index is 0.0551. The van der Waals surface area contributed by atoms with Gasteiger partial charge in [0, 0.05) is 31.2 Å². The lowest BCUT2D eigenvalue weighted by molar-refractivity contribution is -0.130. The quantitative estimate of drug-likeness (QED) is 0.550. The molecule has 2 aliphatic heterocycles. The molecule has 0 spiro atoms. The molecule has 0 bridgehead atoms. The molecule has 0 aliphatic carbocycles. The molecular formula is C27H26ClFN4O2. The van der Waals surface area contributed by atoms with Crippen LogP contribution < -0.4 is 15.8 Å². The fourth-order valence-corrected chi connectivity index (χ4v) is 4.98. The summed E-state index contributed by atoms with van der Waals surface area (Å²) in [7, 11) is 0. The summed E-state index contributed by atoms with van der Waals surface area (Å²) in [5.74, 6) is -1.29. The topological polar surface area (TPSA) is 64.7 Å². The van der Waals surface area contributed by atoms with Crippen LogP contribution in [0.15, 0.2) is 78.9 Å². The lowest BCUT2D eigenvalue weighted by atomic mass is 9.83. The number of fused-ring (bicyclic) bond motifs is 1. The van der Waals surface area contributed by atoms with E-state index < -0.39 is 5.92 Å². The Bertz CT molecular complexity index is 1190. The molecule has 2 saturated heterocycles. The van der Waals surface area contributed by atoms with Gasteiger partial charge in [0.05, 0.1) is 23.6 Å². The molecule has 3 aromatic carbocycles. The average molecular weight is 493 g/mol. The Morgan fingerprint density at radius 2 is 1.66 bits per heavy atom. The third kappa shape index (κ3) is 5.22. The number of carbonyl (C=O) groups is 2. The normalized spacial score (nSPS) is 22.2. The monoisotopic (exact) mass is 492 g/mol. The number of rotatable bonds is 6. The van der Waals surface area contributed by atoms with Crippen LogP contribution in [0.3, 0.4) is 0 Å². The van der Waals surface area contributed by atoms with E-state index in [2.05, 4.69) is 15.6 Å². The lowest BCUT2D eigenvalue weighted by Crippen LogP contribution is -2.56. The van der Waals surface area contributed by atoms with Crippen molar-refractivity contribution in [1.82, 2.24) is 15.6 Å². The number of likely N-dealkylation sites (tertiary alicyclic amines) is 1. The maximum absolute atomic E-state index is 13.4. The summed E-state index contributed by atoms with van der Waals surface area (Å²) in [4.78, 5) is 28.9. The molecule has 3 atom stereocenters. The first kappa shape index (κ1) is 23.5. The molecule has 8 heteroatoms. The number of anilines is 1. The highest BCUT2D eigenvalue weighted by molar-refractivity contribution is 6.30. The van der Waals surface area contributed by atoms with Crippen molar-refractivity contribution in [2.45, 2.75) is 19.1 Å². The summed E-state index contributed by atoms with van der Waals surface area (Å²) in [6.45, 7) is 1.90. The number of piperidine rings is 1. The van der Waals surface area contributed by atoms with Crippen LogP contribution in [-0.2, 0) is 22.7 Å². The molecule has 5 rings (SSSR count). The molecule has 35 heavy (non-hydrogen) atoms. The molecule has 2 aliphatic rings. The predicted molar refractivity (Wildman–Crippen MR) is 133 cm³/mol. The van der Waals surface area contributed by atoms with Gasteiger partial charge in [0.25, 0.3) is 0 Å². The molecule has 0 radical (unpaired) electrons. The SMILES string of the molecule is O=C(NCc1ccc(Cl)cc1)C1CN(Cc2ccc(F)cc2)CC2C(=O)N(c3ccccc3)NC12. The van der Waals surface area contributed by atoms with Crippen molar-refractivity contribution in [2.75, 3.05) is 18.1 Å². The van der Waals surface area contributed by atoms with Gasteiger partial charge in [0.15, 0.2) is 0 Å². The van der Waals surface area contributed by atoms with Gasteiger partial charge in [0.2, 0.25) is 11.8 Å². The van der Waals surface area contributed by atoms with E-state index in [1.807, 2.05) is 42.5 Å². The smallest absolute Gasteiger partial charge is 0.247 e. The summed E-state index contributed by atoms with van der Waals surface area (Å²) in [6.07, 6.45) is 0. The van der Waals surface area contributed by atoms with Crippen LogP contribution >= 0.6 is 11.6 Å². The number of para-hydroxylation sites is 1. The number of hydrogen-bond donors (Lipinski definition) is 2. The minimum Gasteiger partial charge on any atom is -0.352 e. The molecule has 2 amide bonds. The van der Waals surface area contributed by atoms with E-state index in [-0.39, 0.29) is 29.6 Å². The second-order valence-corrected chi connectivity index (χ2v) is 9.48. The number of nitrogens with zero attached hydrogens (tertiary/aromatic N) is 2. The zero-order chi connectivity index (χ0) is 24.4. The van der Waals surface area contributed by atoms with E-state index in [1.54, 1.807) is 29.3 Å². The number of carbonyl (C=O) groups excluding carboxylic acids is 2. The van der Waals surface area contributed by atoms with Gasteiger partial charge in [-0.25, -0.2) is 14.8 Å². The van der Waals surface area contributed by atoms with Crippen LogP contribution in [0.5, 0.6) is 0 Å². The van der Waals surface area contributed by atoms with Gasteiger partial charge in [-0.15, -0.1) is 0 Å². The summed E-state index contributed by atoms with van der Waals surface area (Å²) < 4.78 is 13.4. The first-order valence-corrected chi connectivity index (χ1v) is 12.0. The van der Waals surface area contributed by atoms with Gasteiger partial charge in [-0.2, -0.15) is 0 Å². The van der Waals surface area contributed by atoms with Gasteiger partial charge in [-0.3, -0.25) is 14.5 Å². The summed E-state index contributed by atoms with van der Waals surface area (Å²) in [5.41, 5.74) is 5.94. The fourth-order valence-electron chi connectivity index (χ4n) is 4.85. The van der Waals surface area contributed by atoms with Crippen molar-refractivity contribution >= 4 is 29.1 Å². The van der Waals surface area contributed by atoms with E-state index in [4.69, 9.17) is 11.6 Å². The molecule has 3 unspecified atom stereocenters. The molecule has 2 fully saturated rings. The summed E-state index contributed by atoms with van der Waals surface area (Å²) in [5, 5.41) is 5.24. The molecule has 0 aromatic heterocycles. The van der Waals surface area contributed by atoms with Crippen molar-refractivity contribution in [3.05, 3.63) is 101 Å². The first-order valence-electron chi connectivity index (χ1n) is 11.6. The third-order valence-corrected chi connectivity index (χ3v) is 6.90. The van der Waals surface area contributed by atoms with Crippen molar-refractivity contribution in [1.29, 1.82) is 0 Å². The Morgan fingerprint density at radius 3 is 2.37 bits per heavy atom. The lowest BCUT2D eigenvalue weighted by Gasteiger charge is -2.38. The van der Waals surface area contributed by atoms with Crippen molar-refractivity contribution in [2.24, 2.45) is 11.8 Å². The Labute approximate surface area is 208 Å². The zero-order valence-corrected chi connectivity index (χ0v) is 19.8. The van der Waals surface area contributed by atoms with E-state index in [9.17, 15) is 14.0 Å². The highest BCUT2D eigenvalue weighted by Gasteiger charge is 2.50. The van der Waals surface area contributed by atoms with Crippen LogP contribution in [0.25, 0.3) is 0 Å². The molecule has 180 valence electrons. The van der Waals surface area contributed by atoms with E-state index in [0.29, 0.717) is 31.2 Å². The Hall–Kier alpha value is -3.26. The Kier molecular flexibility index (Phi) is 6.81. The largest absolute Gasteiger partial charge is 0.352 e. The molecule has 6 nitrogen and oxygen atoms in total. The standard InChI is InChI=1S/C27H26ClFN4O2/c28-20-10-6-18(7-11-20)14-30-26(34)23-16-32(15-19-8-12-21(29)13-9-19)17-24-25(23)31-33(27(24)35)22-4-2-1-3-5-22/h1-13,23-25,31H,14-17H2,(H,30,34). The summed E-state index contributed by atoms with van der Waals surface area (Å²) in [6, 6.07) is 22.7. The highest BCUT2D eigenvalue weighted by atomic mass is 35.5. The molecule has 3 aromatic rings. The van der Waals surface area contributed by atoms with Gasteiger partial charge in [-0.1, -0.05) is 54.1 Å². The van der Waals surface area contributed by atoms with Crippen LogP contribution in [0.4, 0.5) is 10.1 Å². The van der Waals surface area contributed by atoms with Crippen molar-refractivity contribution in [3.63, 3.8) is 0 Å². The minimum atomic E-state index is -0.445. The van der Waals surface area contributed by atoms with Gasteiger partial charge < -0.3 is 5.32 Å². The highest BCUT2D eigenvalue weighted by Crippen LogP contribution is 2.32. The number of hydrogen-bond acceptors (Lipinski definition) is 4. The average Bonchev–Trinajstić information content (AvgIpc) is 3.21. The van der Waals surface area contributed by atoms with Crippen LogP contribution in [0.2, 0.25) is 5.02 Å². The van der Waals surface area contributed by atoms with Gasteiger partial charge >= 0.3 is 0 Å². The fraction of sp³-hybridized carbons (Fsp3) is 0.259. The summed E-state index contributed by atoms with van der Waals surface area (Å²) >= 11 is 5.97. The van der Waals surface area contributed by atoms with Gasteiger partial charge in [-0.05, 0) is 47.5 Å². The maximum atomic E-state index is 13.4. The molecule has 2 heterocycles. The van der Waals surface area contributed by atoms with Crippen LogP contribution in [-0.4, -0.2) is 35.8 Å². The number of hydrazine groups is 1. The van der Waals surface area contributed by atoms with E-state index >= 15 is 0 Å². The number of nitrogens with one attached hydrogen (secondary N) is 2. The Balaban J connectivity index is 1.36. The van der Waals surface area contributed by atoms with Crippen LogP contribution in [0.1, 0.15) is 11.1 Å². The number of halogens is 2. The van der Waals surface area contributed by atoms with Crippen molar-refractivity contribution < 1.29 is 14.0 Å². The molecule has 0 saturated carbocycles. The third-order valence-electron chi connectivity index (χ3n) is 6.64. The number of amides is 2. The second kappa shape index (κ2) is 10.2. The molecular weight excluding hydrogens is 467 g/mol. The predicted octanol–water partition coefficient (Wildman–Crippen LogP) is 3.76. The maximum Gasteiger partial charge on any atom is 0.247 e.